The molecule has 1 fully saturated rings. The van der Waals surface area contributed by atoms with Crippen molar-refractivity contribution < 1.29 is 23.9 Å². The zero-order valence-corrected chi connectivity index (χ0v) is 15.7. The third-order valence-electron chi connectivity index (χ3n) is 5.68. The standard InChI is InChI=1S/C22H18N2O5/c1-28-21(26)13-8-6-12(7-9-13)20-19-15(14-4-2-3-5-16(14)23-19)10-17-22(27)29-11-18(25)24(17)20/h2-9,17,20,23H,10-11H2,1H3/t17-,20-/m1/s1. The first-order valence-corrected chi connectivity index (χ1v) is 9.34. The summed E-state index contributed by atoms with van der Waals surface area (Å²) < 4.78 is 9.87. The highest BCUT2D eigenvalue weighted by molar-refractivity contribution is 5.94. The van der Waals surface area contributed by atoms with Gasteiger partial charge in [0.1, 0.15) is 6.04 Å². The molecule has 29 heavy (non-hydrogen) atoms. The molecule has 1 aromatic heterocycles. The Bertz CT molecular complexity index is 1150. The van der Waals surface area contributed by atoms with Crippen LogP contribution in [-0.2, 0) is 25.5 Å². The van der Waals surface area contributed by atoms with E-state index in [1.165, 1.54) is 7.11 Å². The van der Waals surface area contributed by atoms with Crippen LogP contribution in [0.1, 0.15) is 33.2 Å². The van der Waals surface area contributed by atoms with Crippen molar-refractivity contribution in [1.29, 1.82) is 0 Å². The molecule has 0 radical (unpaired) electrons. The van der Waals surface area contributed by atoms with Gasteiger partial charge in [0.25, 0.3) is 5.91 Å². The van der Waals surface area contributed by atoms with E-state index in [1.54, 1.807) is 29.2 Å². The smallest absolute Gasteiger partial charge is 0.337 e. The summed E-state index contributed by atoms with van der Waals surface area (Å²) in [6, 6.07) is 13.7. The van der Waals surface area contributed by atoms with Crippen LogP contribution >= 0.6 is 0 Å². The summed E-state index contributed by atoms with van der Waals surface area (Å²) in [4.78, 5) is 42.1. The summed E-state index contributed by atoms with van der Waals surface area (Å²) in [5.41, 5.74) is 4.07. The van der Waals surface area contributed by atoms with E-state index in [0.29, 0.717) is 12.0 Å². The number of nitrogens with zero attached hydrogens (tertiary/aromatic N) is 1. The topological polar surface area (TPSA) is 88.7 Å². The van der Waals surface area contributed by atoms with Crippen molar-refractivity contribution in [2.24, 2.45) is 0 Å². The molecule has 5 rings (SSSR count). The fraction of sp³-hybridized carbons (Fsp3) is 0.227. The Balaban J connectivity index is 1.69. The van der Waals surface area contributed by atoms with Crippen molar-refractivity contribution >= 4 is 28.7 Å². The first-order valence-electron chi connectivity index (χ1n) is 9.34. The molecule has 3 aromatic rings. The Morgan fingerprint density at radius 3 is 2.66 bits per heavy atom. The van der Waals surface area contributed by atoms with Crippen LogP contribution in [0.4, 0.5) is 0 Å². The maximum absolute atomic E-state index is 12.8. The molecule has 0 unspecified atom stereocenters. The van der Waals surface area contributed by atoms with Gasteiger partial charge < -0.3 is 19.4 Å². The highest BCUT2D eigenvalue weighted by atomic mass is 16.5. The third-order valence-corrected chi connectivity index (χ3v) is 5.68. The number of carbonyl (C=O) groups excluding carboxylic acids is 3. The van der Waals surface area contributed by atoms with Crippen molar-refractivity contribution in [2.45, 2.75) is 18.5 Å². The number of nitrogens with one attached hydrogen (secondary N) is 1. The maximum atomic E-state index is 12.8. The molecular formula is C22H18N2O5. The first kappa shape index (κ1) is 17.5. The summed E-state index contributed by atoms with van der Waals surface area (Å²) in [5.74, 6) is -1.06. The number of hydrogen-bond acceptors (Lipinski definition) is 5. The molecule has 0 aliphatic carbocycles. The normalized spacial score (nSPS) is 20.8. The highest BCUT2D eigenvalue weighted by Crippen LogP contribution is 2.42. The van der Waals surface area contributed by atoms with Crippen molar-refractivity contribution in [3.05, 3.63) is 70.9 Å². The van der Waals surface area contributed by atoms with Gasteiger partial charge in [0, 0.05) is 23.0 Å². The Labute approximate surface area is 166 Å². The van der Waals surface area contributed by atoms with Gasteiger partial charge in [-0.05, 0) is 29.3 Å². The summed E-state index contributed by atoms with van der Waals surface area (Å²) in [7, 11) is 1.33. The second kappa shape index (κ2) is 6.48. The van der Waals surface area contributed by atoms with Crippen LogP contribution in [0.2, 0.25) is 0 Å². The van der Waals surface area contributed by atoms with E-state index < -0.39 is 24.0 Å². The third kappa shape index (κ3) is 2.61. The van der Waals surface area contributed by atoms with Gasteiger partial charge in [-0.2, -0.15) is 0 Å². The number of H-pyrrole nitrogens is 1. The predicted molar refractivity (Wildman–Crippen MR) is 103 cm³/mol. The molecule has 0 spiro atoms. The van der Waals surface area contributed by atoms with Crippen LogP contribution in [0.3, 0.4) is 0 Å². The molecule has 0 bridgehead atoms. The van der Waals surface area contributed by atoms with Gasteiger partial charge in [-0.3, -0.25) is 4.79 Å². The van der Waals surface area contributed by atoms with Crippen LogP contribution in [-0.4, -0.2) is 47.5 Å². The molecule has 0 saturated carbocycles. The lowest BCUT2D eigenvalue weighted by Gasteiger charge is -2.43. The SMILES string of the molecule is COC(=O)c1ccc([C@@H]2c3[nH]c4ccccc4c3C[C@@H]3C(=O)OCC(=O)N23)cc1. The number of hydrogen-bond donors (Lipinski definition) is 1. The van der Waals surface area contributed by atoms with Gasteiger partial charge in [0.05, 0.1) is 18.7 Å². The molecule has 2 aromatic carbocycles. The van der Waals surface area contributed by atoms with E-state index in [-0.39, 0.29) is 12.5 Å². The number of para-hydroxylation sites is 1. The summed E-state index contributed by atoms with van der Waals surface area (Å²) in [6.45, 7) is -0.262. The monoisotopic (exact) mass is 390 g/mol. The quantitative estimate of drug-likeness (QED) is 0.679. The number of ether oxygens (including phenoxy) is 2. The van der Waals surface area contributed by atoms with Gasteiger partial charge >= 0.3 is 11.9 Å². The predicted octanol–water partition coefficient (Wildman–Crippen LogP) is 2.35. The molecule has 7 heteroatoms. The number of carbonyl (C=O) groups is 3. The molecule has 3 heterocycles. The average Bonchev–Trinajstić information content (AvgIpc) is 3.13. The maximum Gasteiger partial charge on any atom is 0.337 e. The van der Waals surface area contributed by atoms with E-state index >= 15 is 0 Å². The van der Waals surface area contributed by atoms with Crippen LogP contribution in [0, 0.1) is 0 Å². The van der Waals surface area contributed by atoms with Gasteiger partial charge in [-0.1, -0.05) is 30.3 Å². The molecule has 2 aliphatic heterocycles. The highest BCUT2D eigenvalue weighted by Gasteiger charge is 2.46. The minimum absolute atomic E-state index is 0.235. The lowest BCUT2D eigenvalue weighted by molar-refractivity contribution is -0.171. The summed E-state index contributed by atoms with van der Waals surface area (Å²) in [5, 5.41) is 1.03. The Hall–Kier alpha value is -3.61. The number of morpholine rings is 1. The number of aromatic amines is 1. The molecule has 146 valence electrons. The molecule has 1 saturated heterocycles. The molecule has 2 aliphatic rings. The van der Waals surface area contributed by atoms with Crippen LogP contribution in [0.25, 0.3) is 10.9 Å². The number of fused-ring (bicyclic) bond motifs is 4. The Morgan fingerprint density at radius 2 is 1.90 bits per heavy atom. The molecule has 1 amide bonds. The van der Waals surface area contributed by atoms with Crippen LogP contribution < -0.4 is 0 Å². The van der Waals surface area contributed by atoms with Gasteiger partial charge in [-0.25, -0.2) is 9.59 Å². The lowest BCUT2D eigenvalue weighted by atomic mass is 9.87. The average molecular weight is 390 g/mol. The molecule has 2 atom stereocenters. The summed E-state index contributed by atoms with van der Waals surface area (Å²) >= 11 is 0. The van der Waals surface area contributed by atoms with Crippen LogP contribution in [0.15, 0.2) is 48.5 Å². The number of amides is 1. The zero-order valence-electron chi connectivity index (χ0n) is 15.7. The number of cyclic esters (lactones) is 1. The van der Waals surface area contributed by atoms with Gasteiger partial charge in [-0.15, -0.1) is 0 Å². The second-order valence-corrected chi connectivity index (χ2v) is 7.21. The van der Waals surface area contributed by atoms with Crippen LogP contribution in [0.5, 0.6) is 0 Å². The van der Waals surface area contributed by atoms with Crippen molar-refractivity contribution in [1.82, 2.24) is 9.88 Å². The first-order chi connectivity index (χ1) is 14.1. The summed E-state index contributed by atoms with van der Waals surface area (Å²) in [6.07, 6.45) is 0.403. The number of rotatable bonds is 2. The van der Waals surface area contributed by atoms with E-state index in [2.05, 4.69) is 4.98 Å². The number of aromatic nitrogens is 1. The van der Waals surface area contributed by atoms with Crippen molar-refractivity contribution in [3.63, 3.8) is 0 Å². The number of benzene rings is 2. The van der Waals surface area contributed by atoms with Crippen molar-refractivity contribution in [2.75, 3.05) is 13.7 Å². The minimum Gasteiger partial charge on any atom is -0.465 e. The fourth-order valence-corrected chi connectivity index (χ4v) is 4.35. The largest absolute Gasteiger partial charge is 0.465 e. The van der Waals surface area contributed by atoms with Crippen molar-refractivity contribution in [3.8, 4) is 0 Å². The van der Waals surface area contributed by atoms with Gasteiger partial charge in [0.15, 0.2) is 6.61 Å². The van der Waals surface area contributed by atoms with E-state index in [0.717, 1.165) is 27.7 Å². The van der Waals surface area contributed by atoms with E-state index in [9.17, 15) is 14.4 Å². The van der Waals surface area contributed by atoms with E-state index in [4.69, 9.17) is 9.47 Å². The minimum atomic E-state index is -0.673. The molecular weight excluding hydrogens is 372 g/mol. The molecule has 7 nitrogen and oxygen atoms in total. The zero-order chi connectivity index (χ0) is 20.1. The Morgan fingerprint density at radius 1 is 1.14 bits per heavy atom. The number of methoxy groups -OCH3 is 1. The number of esters is 2. The molecule has 1 N–H and O–H groups in total. The fourth-order valence-electron chi connectivity index (χ4n) is 4.35. The Kier molecular flexibility index (Phi) is 3.91. The second-order valence-electron chi connectivity index (χ2n) is 7.21. The lowest BCUT2D eigenvalue weighted by Crippen LogP contribution is -2.57. The van der Waals surface area contributed by atoms with E-state index in [1.807, 2.05) is 24.3 Å². The van der Waals surface area contributed by atoms with Gasteiger partial charge in [0.2, 0.25) is 0 Å².